The minimum absolute atomic E-state index is 0.0168. The summed E-state index contributed by atoms with van der Waals surface area (Å²) in [6, 6.07) is 1.86. The van der Waals surface area contributed by atoms with Gasteiger partial charge in [-0.3, -0.25) is 19.5 Å². The van der Waals surface area contributed by atoms with Gasteiger partial charge in [-0.25, -0.2) is 0 Å². The van der Waals surface area contributed by atoms with Crippen LogP contribution in [0.15, 0.2) is 30.9 Å². The Morgan fingerprint density at radius 2 is 2.48 bits per heavy atom. The number of nitrogens with zero attached hydrogens (tertiary/aromatic N) is 4. The third-order valence-electron chi connectivity index (χ3n) is 4.10. The van der Waals surface area contributed by atoms with Gasteiger partial charge in [-0.05, 0) is 25.5 Å². The lowest BCUT2D eigenvalue weighted by Gasteiger charge is -2.41. The second-order valence-electron chi connectivity index (χ2n) is 5.48. The molecule has 0 aromatic carbocycles. The van der Waals surface area contributed by atoms with Gasteiger partial charge in [0.05, 0.1) is 6.20 Å². The van der Waals surface area contributed by atoms with Gasteiger partial charge in [0.2, 0.25) is 5.91 Å². The summed E-state index contributed by atoms with van der Waals surface area (Å²) in [5, 5.41) is 13.9. The van der Waals surface area contributed by atoms with Crippen LogP contribution in [0, 0.1) is 0 Å². The first kappa shape index (κ1) is 13.8. The van der Waals surface area contributed by atoms with Crippen molar-refractivity contribution in [1.82, 2.24) is 30.2 Å². The fourth-order valence-electron chi connectivity index (χ4n) is 3.11. The number of amides is 1. The Kier molecular flexibility index (Phi) is 3.74. The predicted octanol–water partition coefficient (Wildman–Crippen LogP) is 0.343. The quantitative estimate of drug-likeness (QED) is 0.850. The molecule has 2 aromatic rings. The largest absolute Gasteiger partial charge is 0.357 e. The summed E-state index contributed by atoms with van der Waals surface area (Å²) in [5.41, 5.74) is 0.503. The van der Waals surface area contributed by atoms with Crippen LogP contribution in [0.4, 0.5) is 0 Å². The maximum absolute atomic E-state index is 12.5. The van der Waals surface area contributed by atoms with Gasteiger partial charge in [0.15, 0.2) is 5.54 Å². The lowest BCUT2D eigenvalue weighted by Crippen LogP contribution is -2.57. The summed E-state index contributed by atoms with van der Waals surface area (Å²) in [6.07, 6.45) is 9.08. The topological polar surface area (TPSA) is 78.8 Å². The van der Waals surface area contributed by atoms with Crippen LogP contribution in [0.25, 0.3) is 0 Å². The molecule has 3 heterocycles. The van der Waals surface area contributed by atoms with E-state index in [0.717, 1.165) is 31.5 Å². The third kappa shape index (κ3) is 2.56. The Bertz CT molecular complexity index is 579. The fourth-order valence-corrected chi connectivity index (χ4v) is 3.11. The van der Waals surface area contributed by atoms with Crippen LogP contribution >= 0.6 is 0 Å². The zero-order valence-electron chi connectivity index (χ0n) is 12.1. The summed E-state index contributed by atoms with van der Waals surface area (Å²) < 4.78 is 1.80. The van der Waals surface area contributed by atoms with Crippen molar-refractivity contribution in [2.24, 2.45) is 0 Å². The highest BCUT2D eigenvalue weighted by Gasteiger charge is 2.44. The molecule has 1 unspecified atom stereocenters. The first-order valence-electron chi connectivity index (χ1n) is 7.17. The highest BCUT2D eigenvalue weighted by molar-refractivity contribution is 5.84. The van der Waals surface area contributed by atoms with Crippen molar-refractivity contribution >= 4 is 5.91 Å². The Morgan fingerprint density at radius 3 is 3.14 bits per heavy atom. The van der Waals surface area contributed by atoms with E-state index in [2.05, 4.69) is 25.5 Å². The van der Waals surface area contributed by atoms with Crippen LogP contribution in [0.1, 0.15) is 18.4 Å². The zero-order valence-corrected chi connectivity index (χ0v) is 12.1. The number of hydrogen-bond acceptors (Lipinski definition) is 4. The van der Waals surface area contributed by atoms with E-state index in [4.69, 9.17) is 0 Å². The molecular weight excluding hydrogens is 268 g/mol. The summed E-state index contributed by atoms with van der Waals surface area (Å²) >= 11 is 0. The van der Waals surface area contributed by atoms with Gasteiger partial charge < -0.3 is 5.32 Å². The molecule has 112 valence electrons. The molecule has 1 fully saturated rings. The van der Waals surface area contributed by atoms with Crippen LogP contribution in [-0.4, -0.2) is 50.9 Å². The van der Waals surface area contributed by atoms with E-state index in [9.17, 15) is 4.79 Å². The van der Waals surface area contributed by atoms with Gasteiger partial charge in [-0.15, -0.1) is 0 Å². The molecule has 1 saturated heterocycles. The van der Waals surface area contributed by atoms with E-state index in [1.165, 1.54) is 0 Å². The van der Waals surface area contributed by atoms with Gasteiger partial charge in [0, 0.05) is 44.3 Å². The first-order chi connectivity index (χ1) is 10.2. The third-order valence-corrected chi connectivity index (χ3v) is 4.10. The number of nitrogens with one attached hydrogen (secondary N) is 2. The number of carbonyl (C=O) groups excluding carboxylic acids is 1. The number of hydrogen-bond donors (Lipinski definition) is 2. The number of H-pyrrole nitrogens is 1. The van der Waals surface area contributed by atoms with E-state index in [1.807, 2.05) is 24.7 Å². The number of aromatic amines is 1. The Morgan fingerprint density at radius 1 is 1.57 bits per heavy atom. The molecule has 1 amide bonds. The van der Waals surface area contributed by atoms with Crippen LogP contribution < -0.4 is 5.32 Å². The van der Waals surface area contributed by atoms with Crippen molar-refractivity contribution in [2.75, 3.05) is 20.1 Å². The second kappa shape index (κ2) is 5.69. The normalized spacial score (nSPS) is 23.1. The lowest BCUT2D eigenvalue weighted by atomic mass is 9.88. The molecule has 2 aromatic heterocycles. The molecule has 7 heteroatoms. The number of likely N-dealkylation sites (N-methyl/N-ethyl adjacent to an activating group) is 1. The number of aromatic nitrogens is 4. The smallest absolute Gasteiger partial charge is 0.249 e. The molecule has 1 aliphatic heterocycles. The number of likely N-dealkylation sites (tertiary alicyclic amines) is 1. The highest BCUT2D eigenvalue weighted by Crippen LogP contribution is 2.29. The van der Waals surface area contributed by atoms with Gasteiger partial charge in [-0.1, -0.05) is 0 Å². The molecule has 0 spiro atoms. The van der Waals surface area contributed by atoms with E-state index >= 15 is 0 Å². The Balaban J connectivity index is 1.84. The van der Waals surface area contributed by atoms with Crippen LogP contribution in [0.5, 0.6) is 0 Å². The van der Waals surface area contributed by atoms with Crippen LogP contribution in [0.2, 0.25) is 0 Å². The summed E-state index contributed by atoms with van der Waals surface area (Å²) in [4.78, 5) is 14.8. The molecule has 21 heavy (non-hydrogen) atoms. The molecule has 0 radical (unpaired) electrons. The SMILES string of the molecule is CNC(=O)C1(n2cccn2)CCCN(Cc2cn[nH]c2)C1. The van der Waals surface area contributed by atoms with Gasteiger partial charge in [0.1, 0.15) is 0 Å². The first-order valence-corrected chi connectivity index (χ1v) is 7.17. The maximum Gasteiger partial charge on any atom is 0.249 e. The molecule has 0 saturated carbocycles. The lowest BCUT2D eigenvalue weighted by molar-refractivity contribution is -0.133. The van der Waals surface area contributed by atoms with E-state index < -0.39 is 5.54 Å². The van der Waals surface area contributed by atoms with Crippen molar-refractivity contribution in [1.29, 1.82) is 0 Å². The van der Waals surface area contributed by atoms with Crippen molar-refractivity contribution in [3.63, 3.8) is 0 Å². The summed E-state index contributed by atoms with van der Waals surface area (Å²) in [6.45, 7) is 2.42. The number of carbonyl (C=O) groups is 1. The molecule has 7 nitrogen and oxygen atoms in total. The molecule has 1 aliphatic rings. The molecule has 2 N–H and O–H groups in total. The highest BCUT2D eigenvalue weighted by atomic mass is 16.2. The number of piperidine rings is 1. The Labute approximate surface area is 123 Å². The molecule has 1 atom stereocenters. The van der Waals surface area contributed by atoms with Crippen LogP contribution in [-0.2, 0) is 16.9 Å². The molecule has 0 aliphatic carbocycles. The monoisotopic (exact) mass is 288 g/mol. The van der Waals surface area contributed by atoms with Crippen molar-refractivity contribution < 1.29 is 4.79 Å². The molecular formula is C14H20N6O. The van der Waals surface area contributed by atoms with Gasteiger partial charge in [-0.2, -0.15) is 10.2 Å². The zero-order chi connectivity index (χ0) is 14.7. The minimum atomic E-state index is -0.625. The van der Waals surface area contributed by atoms with E-state index in [0.29, 0.717) is 6.54 Å². The summed E-state index contributed by atoms with van der Waals surface area (Å²) in [7, 11) is 1.68. The van der Waals surface area contributed by atoms with Crippen LogP contribution in [0.3, 0.4) is 0 Å². The average Bonchev–Trinajstić information content (AvgIpc) is 3.19. The van der Waals surface area contributed by atoms with Crippen molar-refractivity contribution in [2.45, 2.75) is 24.9 Å². The standard InChI is InChI=1S/C14H20N6O/c1-15-13(21)14(20-7-3-5-18-20)4-2-6-19(11-14)10-12-8-16-17-9-12/h3,5,7-9H,2,4,6,10-11H2,1H3,(H,15,21)(H,16,17). The van der Waals surface area contributed by atoms with Gasteiger partial charge in [0.25, 0.3) is 0 Å². The average molecular weight is 288 g/mol. The fraction of sp³-hybridized carbons (Fsp3) is 0.500. The van der Waals surface area contributed by atoms with E-state index in [-0.39, 0.29) is 5.91 Å². The minimum Gasteiger partial charge on any atom is -0.357 e. The van der Waals surface area contributed by atoms with Crippen molar-refractivity contribution in [3.05, 3.63) is 36.4 Å². The Hall–Kier alpha value is -2.15. The molecule has 3 rings (SSSR count). The summed E-state index contributed by atoms with van der Waals surface area (Å²) in [5.74, 6) is 0.0168. The van der Waals surface area contributed by atoms with Gasteiger partial charge >= 0.3 is 0 Å². The number of rotatable bonds is 4. The maximum atomic E-state index is 12.5. The second-order valence-corrected chi connectivity index (χ2v) is 5.48. The predicted molar refractivity (Wildman–Crippen MR) is 77.4 cm³/mol. The van der Waals surface area contributed by atoms with E-state index in [1.54, 1.807) is 17.9 Å². The van der Waals surface area contributed by atoms with Crippen molar-refractivity contribution in [3.8, 4) is 0 Å². The molecule has 0 bridgehead atoms.